The highest BCUT2D eigenvalue weighted by Crippen LogP contribution is 2.21. The van der Waals surface area contributed by atoms with Gasteiger partial charge < -0.3 is 4.57 Å². The van der Waals surface area contributed by atoms with Crippen LogP contribution in [0.2, 0.25) is 0 Å². The van der Waals surface area contributed by atoms with Gasteiger partial charge in [0.15, 0.2) is 0 Å². The first kappa shape index (κ1) is 14.7. The zero-order valence-corrected chi connectivity index (χ0v) is 13.4. The molecule has 0 amide bonds. The van der Waals surface area contributed by atoms with Crippen LogP contribution >= 0.6 is 0 Å². The lowest BCUT2D eigenvalue weighted by Crippen LogP contribution is -2.15. The number of aromatic nitrogens is 1. The summed E-state index contributed by atoms with van der Waals surface area (Å²) in [6.45, 7) is 1.98. The topological polar surface area (TPSA) is 51.1 Å². The van der Waals surface area contributed by atoms with Gasteiger partial charge in [0, 0.05) is 29.8 Å². The van der Waals surface area contributed by atoms with E-state index >= 15 is 0 Å². The van der Waals surface area contributed by atoms with Crippen molar-refractivity contribution in [3.8, 4) is 0 Å². The van der Waals surface area contributed by atoms with Gasteiger partial charge in [0.05, 0.1) is 5.75 Å². The van der Waals surface area contributed by atoms with Crippen molar-refractivity contribution >= 4 is 26.6 Å². The van der Waals surface area contributed by atoms with E-state index in [9.17, 15) is 8.42 Å². The van der Waals surface area contributed by atoms with Crippen molar-refractivity contribution in [2.45, 2.75) is 12.7 Å². The molecule has 2 aromatic carbocycles. The number of rotatable bonds is 4. The van der Waals surface area contributed by atoms with Gasteiger partial charge in [0.2, 0.25) is 10.0 Å². The number of hydrogen-bond donors (Lipinski definition) is 1. The molecule has 1 heterocycles. The quantitative estimate of drug-likeness (QED) is 0.802. The van der Waals surface area contributed by atoms with Crippen LogP contribution < -0.4 is 4.72 Å². The molecule has 0 saturated carbocycles. The lowest BCUT2D eigenvalue weighted by Gasteiger charge is -2.09. The molecule has 0 aliphatic carbocycles. The van der Waals surface area contributed by atoms with E-state index in [0.29, 0.717) is 5.69 Å². The zero-order valence-electron chi connectivity index (χ0n) is 12.6. The summed E-state index contributed by atoms with van der Waals surface area (Å²) in [7, 11) is -1.46. The predicted molar refractivity (Wildman–Crippen MR) is 90.3 cm³/mol. The summed E-state index contributed by atoms with van der Waals surface area (Å²) < 4.78 is 29.2. The monoisotopic (exact) mass is 314 g/mol. The van der Waals surface area contributed by atoms with E-state index in [1.807, 2.05) is 67.2 Å². The van der Waals surface area contributed by atoms with Crippen molar-refractivity contribution in [2.75, 3.05) is 4.72 Å². The number of aryl methyl sites for hydroxylation is 2. The molecule has 0 radical (unpaired) electrons. The molecule has 0 unspecified atom stereocenters. The Kier molecular flexibility index (Phi) is 3.66. The molecular formula is C17H18N2O2S. The maximum absolute atomic E-state index is 12.3. The molecule has 0 atom stereocenters. The molecule has 1 aromatic heterocycles. The number of sulfonamides is 1. The average molecular weight is 314 g/mol. The van der Waals surface area contributed by atoms with E-state index in [-0.39, 0.29) is 5.75 Å². The van der Waals surface area contributed by atoms with Gasteiger partial charge in [0.25, 0.3) is 0 Å². The van der Waals surface area contributed by atoms with E-state index in [1.54, 1.807) is 6.07 Å². The maximum Gasteiger partial charge on any atom is 0.236 e. The lowest BCUT2D eigenvalue weighted by molar-refractivity contribution is 0.600. The number of hydrogen-bond acceptors (Lipinski definition) is 2. The smallest absolute Gasteiger partial charge is 0.236 e. The van der Waals surface area contributed by atoms with Crippen LogP contribution in [-0.4, -0.2) is 13.0 Å². The van der Waals surface area contributed by atoms with Crippen LogP contribution in [0.1, 0.15) is 11.1 Å². The number of nitrogens with zero attached hydrogens (tertiary/aromatic N) is 1. The highest BCUT2D eigenvalue weighted by Gasteiger charge is 2.12. The third-order valence-electron chi connectivity index (χ3n) is 3.64. The Hall–Kier alpha value is -2.27. The van der Waals surface area contributed by atoms with Crippen molar-refractivity contribution in [3.05, 3.63) is 65.9 Å². The molecule has 0 spiro atoms. The van der Waals surface area contributed by atoms with Crippen LogP contribution in [0.3, 0.4) is 0 Å². The van der Waals surface area contributed by atoms with E-state index in [4.69, 9.17) is 0 Å². The van der Waals surface area contributed by atoms with Crippen LogP contribution in [0.4, 0.5) is 5.69 Å². The van der Waals surface area contributed by atoms with Crippen LogP contribution in [-0.2, 0) is 22.8 Å². The molecule has 5 heteroatoms. The molecule has 114 valence electrons. The Morgan fingerprint density at radius 2 is 1.77 bits per heavy atom. The second-order valence-corrected chi connectivity index (χ2v) is 7.27. The van der Waals surface area contributed by atoms with E-state index < -0.39 is 10.0 Å². The standard InChI is InChI=1S/C17H18N2O2S/c1-13-3-5-14(6-4-13)12-22(20,21)18-16-7-8-17-15(11-16)9-10-19(17)2/h3-11,18H,12H2,1-2H3. The van der Waals surface area contributed by atoms with Crippen molar-refractivity contribution in [1.29, 1.82) is 0 Å². The fraction of sp³-hybridized carbons (Fsp3) is 0.176. The van der Waals surface area contributed by atoms with E-state index in [2.05, 4.69) is 4.72 Å². The highest BCUT2D eigenvalue weighted by atomic mass is 32.2. The fourth-order valence-electron chi connectivity index (χ4n) is 2.46. The Balaban J connectivity index is 1.81. The molecule has 0 aliphatic rings. The van der Waals surface area contributed by atoms with Crippen LogP contribution in [0.5, 0.6) is 0 Å². The number of benzene rings is 2. The maximum atomic E-state index is 12.3. The first-order valence-corrected chi connectivity index (χ1v) is 8.69. The van der Waals surface area contributed by atoms with Crippen molar-refractivity contribution in [2.24, 2.45) is 7.05 Å². The molecule has 0 saturated heterocycles. The van der Waals surface area contributed by atoms with Gasteiger partial charge in [-0.15, -0.1) is 0 Å². The molecular weight excluding hydrogens is 296 g/mol. The van der Waals surface area contributed by atoms with Gasteiger partial charge >= 0.3 is 0 Å². The van der Waals surface area contributed by atoms with Gasteiger partial charge in [-0.3, -0.25) is 4.72 Å². The summed E-state index contributed by atoms with van der Waals surface area (Å²) >= 11 is 0. The minimum absolute atomic E-state index is 0.0277. The minimum atomic E-state index is -3.42. The Bertz CT molecular complexity index is 909. The Morgan fingerprint density at radius 1 is 1.05 bits per heavy atom. The zero-order chi connectivity index (χ0) is 15.7. The first-order valence-electron chi connectivity index (χ1n) is 7.04. The normalized spacial score (nSPS) is 11.7. The predicted octanol–water partition coefficient (Wildman–Crippen LogP) is 3.43. The van der Waals surface area contributed by atoms with Gasteiger partial charge in [-0.25, -0.2) is 8.42 Å². The molecule has 0 aliphatic heterocycles. The molecule has 3 aromatic rings. The number of nitrogens with one attached hydrogen (secondary N) is 1. The fourth-order valence-corrected chi connectivity index (χ4v) is 3.65. The second kappa shape index (κ2) is 5.50. The summed E-state index contributed by atoms with van der Waals surface area (Å²) in [5.74, 6) is -0.0277. The molecule has 0 bridgehead atoms. The highest BCUT2D eigenvalue weighted by molar-refractivity contribution is 7.91. The van der Waals surface area contributed by atoms with Crippen LogP contribution in [0.15, 0.2) is 54.7 Å². The summed E-state index contributed by atoms with van der Waals surface area (Å²) in [5.41, 5.74) is 3.55. The molecule has 0 fully saturated rings. The van der Waals surface area contributed by atoms with E-state index in [0.717, 1.165) is 22.0 Å². The lowest BCUT2D eigenvalue weighted by atomic mass is 10.2. The minimum Gasteiger partial charge on any atom is -0.351 e. The SMILES string of the molecule is Cc1ccc(CS(=O)(=O)Nc2ccc3c(ccn3C)c2)cc1. The summed E-state index contributed by atoms with van der Waals surface area (Å²) in [5, 5.41) is 1.01. The number of anilines is 1. The summed E-state index contributed by atoms with van der Waals surface area (Å²) in [4.78, 5) is 0. The Morgan fingerprint density at radius 3 is 2.50 bits per heavy atom. The van der Waals surface area contributed by atoms with Crippen LogP contribution in [0.25, 0.3) is 10.9 Å². The summed E-state index contributed by atoms with van der Waals surface area (Å²) in [6.07, 6.45) is 1.95. The second-order valence-electron chi connectivity index (χ2n) is 5.55. The molecule has 3 rings (SSSR count). The van der Waals surface area contributed by atoms with Gasteiger partial charge in [-0.05, 0) is 36.8 Å². The molecule has 22 heavy (non-hydrogen) atoms. The van der Waals surface area contributed by atoms with Gasteiger partial charge in [-0.1, -0.05) is 29.8 Å². The summed E-state index contributed by atoms with van der Waals surface area (Å²) in [6, 6.07) is 15.0. The average Bonchev–Trinajstić information content (AvgIpc) is 2.82. The van der Waals surface area contributed by atoms with Crippen molar-refractivity contribution < 1.29 is 8.42 Å². The van der Waals surface area contributed by atoms with Crippen molar-refractivity contribution in [1.82, 2.24) is 4.57 Å². The number of fused-ring (bicyclic) bond motifs is 1. The van der Waals surface area contributed by atoms with Crippen LogP contribution in [0, 0.1) is 6.92 Å². The largest absolute Gasteiger partial charge is 0.351 e. The van der Waals surface area contributed by atoms with Gasteiger partial charge in [-0.2, -0.15) is 0 Å². The van der Waals surface area contributed by atoms with Crippen molar-refractivity contribution in [3.63, 3.8) is 0 Å². The molecule has 4 nitrogen and oxygen atoms in total. The third kappa shape index (κ3) is 3.14. The molecule has 1 N–H and O–H groups in total. The third-order valence-corrected chi connectivity index (χ3v) is 4.90. The first-order chi connectivity index (χ1) is 10.4. The van der Waals surface area contributed by atoms with Gasteiger partial charge in [0.1, 0.15) is 0 Å². The van der Waals surface area contributed by atoms with E-state index in [1.165, 1.54) is 0 Å². The Labute approximate surface area is 130 Å².